The SMILES string of the molecule is Cc1cc(C(=O)CCCOCCOCCOCCOCCOCCOCCC(=O)O)cc(C)c1C1=c2cc3c(cc2[Si](C)(C)c2cc(N4CCN(Cc5ccc(S(=O)(=O)O)cc5S(=O)(=O)O)CC4)ccc21)=[N+](C)CC3. The van der Waals surface area contributed by atoms with Crippen molar-refractivity contribution in [1.82, 2.24) is 9.48 Å². The van der Waals surface area contributed by atoms with E-state index in [1.165, 1.54) is 43.7 Å². The van der Waals surface area contributed by atoms with E-state index in [9.17, 15) is 35.5 Å². The summed E-state index contributed by atoms with van der Waals surface area (Å²) in [5.41, 5.74) is 8.98. The molecule has 0 bridgehead atoms. The van der Waals surface area contributed by atoms with Crippen LogP contribution in [0.3, 0.4) is 0 Å². The van der Waals surface area contributed by atoms with Crippen LogP contribution in [0, 0.1) is 13.8 Å². The Morgan fingerprint density at radius 3 is 1.80 bits per heavy atom. The molecule has 18 nitrogen and oxygen atoms in total. The molecule has 1 fully saturated rings. The number of likely N-dealkylation sites (N-methyl/N-ethyl adjacent to an activating group) is 1. The lowest BCUT2D eigenvalue weighted by atomic mass is 9.86. The van der Waals surface area contributed by atoms with E-state index >= 15 is 0 Å². The Hall–Kier alpha value is -4.75. The highest BCUT2D eigenvalue weighted by atomic mass is 32.2. The number of carboxylic acids is 1. The monoisotopic (exact) mass is 1090 g/mol. The zero-order chi connectivity index (χ0) is 53.9. The lowest BCUT2D eigenvalue weighted by Gasteiger charge is -2.38. The highest BCUT2D eigenvalue weighted by molar-refractivity contribution is 7.86. The number of hydrogen-bond acceptors (Lipinski definition) is 14. The molecular weight excluding hydrogens is 1020 g/mol. The lowest BCUT2D eigenvalue weighted by Crippen LogP contribution is -2.64. The van der Waals surface area contributed by atoms with Crippen LogP contribution in [0.25, 0.3) is 5.57 Å². The molecule has 3 heterocycles. The topological polar surface area (TPSA) is 228 Å². The molecule has 3 N–H and O–H groups in total. The molecule has 3 aliphatic heterocycles. The Kier molecular flexibility index (Phi) is 20.1. The summed E-state index contributed by atoms with van der Waals surface area (Å²) >= 11 is 0. The molecule has 7 rings (SSSR count). The van der Waals surface area contributed by atoms with E-state index in [2.05, 4.69) is 78.7 Å². The molecule has 4 aromatic carbocycles. The molecule has 0 spiro atoms. The second-order valence-corrected chi connectivity index (χ2v) is 26.9. The van der Waals surface area contributed by atoms with Gasteiger partial charge in [0, 0.05) is 75.1 Å². The van der Waals surface area contributed by atoms with Gasteiger partial charge in [0.05, 0.1) is 88.9 Å². The van der Waals surface area contributed by atoms with Crippen molar-refractivity contribution in [2.45, 2.75) is 69.0 Å². The van der Waals surface area contributed by atoms with E-state index in [0.29, 0.717) is 117 Å². The summed E-state index contributed by atoms with van der Waals surface area (Å²) in [6, 6.07) is 19.0. The molecule has 0 saturated carbocycles. The number of nitrogens with zero attached hydrogens (tertiary/aromatic N) is 3. The van der Waals surface area contributed by atoms with Crippen LogP contribution in [0.1, 0.15) is 63.0 Å². The van der Waals surface area contributed by atoms with E-state index in [-0.39, 0.29) is 30.9 Å². The van der Waals surface area contributed by atoms with Crippen molar-refractivity contribution in [2.24, 2.45) is 0 Å². The number of carboxylic acid groups (broad SMARTS) is 1. The number of Topliss-reactive ketones (excluding diaryl/α,β-unsaturated/α-hetero) is 1. The highest BCUT2D eigenvalue weighted by Crippen LogP contribution is 2.33. The summed E-state index contributed by atoms with van der Waals surface area (Å²) in [5.74, 6) is -0.818. The normalized spacial score (nSPS) is 15.5. The van der Waals surface area contributed by atoms with E-state index < -0.39 is 44.1 Å². The molecule has 75 heavy (non-hydrogen) atoms. The fourth-order valence-electron chi connectivity index (χ4n) is 10.2. The first-order valence-corrected chi connectivity index (χ1v) is 31.4. The zero-order valence-electron chi connectivity index (χ0n) is 43.7. The van der Waals surface area contributed by atoms with E-state index in [4.69, 9.17) is 33.5 Å². The molecule has 408 valence electrons. The summed E-state index contributed by atoms with van der Waals surface area (Å²) in [4.78, 5) is 27.4. The van der Waals surface area contributed by atoms with Crippen LogP contribution < -0.4 is 30.4 Å². The third-order valence-corrected chi connectivity index (χ3v) is 19.4. The zero-order valence-corrected chi connectivity index (χ0v) is 46.4. The molecule has 21 heteroatoms. The molecule has 0 amide bonds. The van der Waals surface area contributed by atoms with Gasteiger partial charge in [-0.05, 0) is 112 Å². The standard InChI is InChI=1S/C54H71N3O15S2Si/c1-38-31-42(48(58)7-6-19-67-21-23-69-25-27-71-29-30-72-28-26-70-24-22-68-20-13-52(59)60)32-39(2)53(38)54-45-11-9-43(34-50(45)75(4,5)51-36-47-40(33-46(51)54)12-14-55(47)3)57-17-15-56(16-18-57)37-41-8-10-44(73(61,62)63)35-49(41)74(64,65)66/h8-11,31-36H,6-7,12-30,37H2,1-5H3,(H2-,59,60,61,62,63,64,65,66)/p+1. The van der Waals surface area contributed by atoms with Crippen LogP contribution in [0.2, 0.25) is 13.1 Å². The molecule has 1 saturated heterocycles. The minimum atomic E-state index is -4.77. The number of anilines is 1. The summed E-state index contributed by atoms with van der Waals surface area (Å²) in [5, 5.41) is 13.8. The van der Waals surface area contributed by atoms with Crippen molar-refractivity contribution in [3.63, 3.8) is 0 Å². The van der Waals surface area contributed by atoms with Crippen LogP contribution in [0.4, 0.5) is 5.69 Å². The summed E-state index contributed by atoms with van der Waals surface area (Å²) < 4.78 is 103. The quantitative estimate of drug-likeness (QED) is 0.0234. The van der Waals surface area contributed by atoms with Crippen molar-refractivity contribution in [2.75, 3.05) is 124 Å². The van der Waals surface area contributed by atoms with Crippen molar-refractivity contribution in [3.8, 4) is 0 Å². The Labute approximate surface area is 441 Å². The fraction of sp³-hybridized carbons (Fsp3) is 0.500. The van der Waals surface area contributed by atoms with Gasteiger partial charge >= 0.3 is 5.97 Å². The Bertz CT molecular complexity index is 3050. The van der Waals surface area contributed by atoms with Gasteiger partial charge in [-0.25, -0.2) is 4.58 Å². The first-order valence-electron chi connectivity index (χ1n) is 25.5. The first kappa shape index (κ1) is 57.9. The number of ketones is 1. The van der Waals surface area contributed by atoms with Crippen molar-refractivity contribution >= 4 is 61.7 Å². The number of aliphatic carboxylic acids is 1. The van der Waals surface area contributed by atoms with Crippen LogP contribution in [-0.4, -0.2) is 175 Å². The van der Waals surface area contributed by atoms with Gasteiger partial charge in [-0.3, -0.25) is 23.6 Å². The number of carbonyl (C=O) groups excluding carboxylic acids is 1. The molecule has 3 aliphatic rings. The third kappa shape index (κ3) is 15.0. The Morgan fingerprint density at radius 2 is 1.24 bits per heavy atom. The fourth-order valence-corrected chi connectivity index (χ4v) is 14.5. The number of fused-ring (bicyclic) bond motifs is 3. The average molecular weight is 1100 g/mol. The number of piperazine rings is 1. The van der Waals surface area contributed by atoms with E-state index in [1.807, 2.05) is 12.1 Å². The number of carbonyl (C=O) groups is 2. The number of ether oxygens (including phenoxy) is 6. The molecule has 0 aliphatic carbocycles. The molecule has 0 aromatic heterocycles. The molecule has 0 radical (unpaired) electrons. The highest BCUT2D eigenvalue weighted by Gasteiger charge is 2.38. The Balaban J connectivity index is 0.936. The van der Waals surface area contributed by atoms with Crippen LogP contribution in [0.5, 0.6) is 0 Å². The maximum Gasteiger partial charge on any atom is 0.305 e. The second-order valence-electron chi connectivity index (χ2n) is 19.7. The molecule has 0 atom stereocenters. The molecular formula is C54H72N3O15S2Si+. The van der Waals surface area contributed by atoms with E-state index in [0.717, 1.165) is 47.5 Å². The minimum Gasteiger partial charge on any atom is -0.481 e. The summed E-state index contributed by atoms with van der Waals surface area (Å²) in [6.45, 7) is 17.4. The molecule has 0 unspecified atom stereocenters. The predicted molar refractivity (Wildman–Crippen MR) is 286 cm³/mol. The maximum absolute atomic E-state index is 13.7. The third-order valence-electron chi connectivity index (χ3n) is 14.1. The van der Waals surface area contributed by atoms with E-state index in [1.54, 1.807) is 0 Å². The first-order chi connectivity index (χ1) is 35.7. The minimum absolute atomic E-state index is 0.0248. The largest absolute Gasteiger partial charge is 0.481 e. The Morgan fingerprint density at radius 1 is 0.667 bits per heavy atom. The second kappa shape index (κ2) is 26.1. The van der Waals surface area contributed by atoms with Gasteiger partial charge in [-0.15, -0.1) is 0 Å². The van der Waals surface area contributed by atoms with Gasteiger partial charge < -0.3 is 38.4 Å². The van der Waals surface area contributed by atoms with Crippen LogP contribution >= 0.6 is 0 Å². The van der Waals surface area contributed by atoms with Gasteiger partial charge in [0.25, 0.3) is 20.2 Å². The average Bonchev–Trinajstić information content (AvgIpc) is 3.76. The van der Waals surface area contributed by atoms with Gasteiger partial charge in [0.15, 0.2) is 5.78 Å². The number of aryl methyl sites for hydroxylation is 2. The van der Waals surface area contributed by atoms with Gasteiger partial charge in [-0.2, -0.15) is 16.8 Å². The summed E-state index contributed by atoms with van der Waals surface area (Å²) in [7, 11) is -9.61. The van der Waals surface area contributed by atoms with Crippen LogP contribution in [-0.2, 0) is 66.4 Å². The van der Waals surface area contributed by atoms with Gasteiger partial charge in [-0.1, -0.05) is 25.2 Å². The number of benzene rings is 4. The predicted octanol–water partition coefficient (Wildman–Crippen LogP) is 2.72. The smallest absolute Gasteiger partial charge is 0.305 e. The van der Waals surface area contributed by atoms with Crippen molar-refractivity contribution in [1.29, 1.82) is 0 Å². The maximum atomic E-state index is 13.7. The van der Waals surface area contributed by atoms with Crippen molar-refractivity contribution < 1.29 is 69.1 Å². The number of hydrogen-bond donors (Lipinski definition) is 3. The van der Waals surface area contributed by atoms with Crippen molar-refractivity contribution in [3.05, 3.63) is 110 Å². The molecule has 4 aromatic rings. The number of rotatable bonds is 29. The summed E-state index contributed by atoms with van der Waals surface area (Å²) in [6.07, 6.45) is 1.90. The van der Waals surface area contributed by atoms with Gasteiger partial charge in [0.2, 0.25) is 5.36 Å². The lowest BCUT2D eigenvalue weighted by molar-refractivity contribution is -0.138. The van der Waals surface area contributed by atoms with Gasteiger partial charge in [0.1, 0.15) is 21.7 Å². The van der Waals surface area contributed by atoms with Crippen LogP contribution in [0.15, 0.2) is 70.5 Å².